The lowest BCUT2D eigenvalue weighted by Crippen LogP contribution is -2.94. The topological polar surface area (TPSA) is 166 Å². The van der Waals surface area contributed by atoms with Crippen molar-refractivity contribution >= 4 is 166 Å². The van der Waals surface area contributed by atoms with Crippen molar-refractivity contribution < 1.29 is 74.1 Å². The molecule has 0 saturated carbocycles. The molecule has 6 saturated heterocycles. The van der Waals surface area contributed by atoms with E-state index in [-0.39, 0.29) is 0 Å². The lowest BCUT2D eigenvalue weighted by Gasteiger charge is -2.60. The molecule has 0 N–H and O–H groups in total. The standard InChI is InChI=1S/C56H68O18Si14/c1-75(2)57-87(58-76(3)4)71-83(53-41-25-13-26-42-53)63-79(49-33-17-9-18-34-49)61-80(50-35-19-10-20-36-50)64-84(72-87,54-43-27-14-28-44-54)66-82(52-39-23-12-24-40-52)62-81(65-83,51-37-21-11-22-38-51)69-85(67-79,55-45-29-15-30-46-55)73-88(59-77(5)6,60-78(7)8)74-86(68-80,70-82)56-47-31-16-32-48-56/h9-48,75-78H,1-8H3. The largest absolute Gasteiger partial charge is 0.643 e. The molecule has 18 nitrogen and oxygen atoms in total. The van der Waals surface area contributed by atoms with Gasteiger partial charge in [-0.05, 0) is 52.4 Å². The smallest absolute Gasteiger partial charge is 0.399 e. The molecule has 456 valence electrons. The van der Waals surface area contributed by atoms with Crippen LogP contribution in [-0.4, -0.2) is 125 Å². The van der Waals surface area contributed by atoms with Crippen LogP contribution in [0.2, 0.25) is 52.4 Å². The van der Waals surface area contributed by atoms with Crippen LogP contribution in [0.3, 0.4) is 0 Å². The Hall–Kier alpha value is -3.92. The monoisotopic (exact) mass is 1420 g/mol. The Kier molecular flexibility index (Phi) is 17.8. The van der Waals surface area contributed by atoms with Gasteiger partial charge in [0.2, 0.25) is 0 Å². The third kappa shape index (κ3) is 12.0. The van der Waals surface area contributed by atoms with Crippen molar-refractivity contribution in [3.05, 3.63) is 243 Å². The molecule has 8 aromatic rings. The maximum Gasteiger partial charge on any atom is 0.643 e. The predicted molar refractivity (Wildman–Crippen MR) is 361 cm³/mol. The molecular formula is C56H68O18Si14. The van der Waals surface area contributed by atoms with Gasteiger partial charge < -0.3 is 74.1 Å². The predicted octanol–water partition coefficient (Wildman–Crippen LogP) is 3.93. The Morgan fingerprint density at radius 3 is 0.409 bits per heavy atom. The Morgan fingerprint density at radius 2 is 0.295 bits per heavy atom. The summed E-state index contributed by atoms with van der Waals surface area (Å²) in [6.07, 6.45) is 0. The highest BCUT2D eigenvalue weighted by Gasteiger charge is 2.85. The fourth-order valence-corrected chi connectivity index (χ4v) is 76.2. The number of rotatable bonds is 16. The molecule has 0 aromatic heterocycles. The SMILES string of the molecule is C[SiH](C)O[Si]1(O[SiH](C)C)O[Si]2(c3ccccc3)O[Si]3(c4ccccc4)O[Si]4(c5ccccc5)O[Si](O[SiH](C)C)(O[SiH](C)C)O[Si]5(c6ccccc6)O[Si](c6ccccc6)(O[Si](c6ccccc6)(O1)O[Si](c1ccccc1)(O5)O[Si](c1ccccc1)(O2)O4)O3. The zero-order chi connectivity index (χ0) is 60.9. The van der Waals surface area contributed by atoms with Crippen LogP contribution in [0.1, 0.15) is 0 Å². The fourth-order valence-electron chi connectivity index (χ4n) is 10.9. The molecule has 0 unspecified atom stereocenters. The van der Waals surface area contributed by atoms with Gasteiger partial charge in [-0.25, -0.2) is 0 Å². The van der Waals surface area contributed by atoms with Gasteiger partial charge in [-0.3, -0.25) is 0 Å². The molecule has 0 aliphatic carbocycles. The Labute approximate surface area is 531 Å². The minimum Gasteiger partial charge on any atom is -0.399 e. The quantitative estimate of drug-likeness (QED) is 0.128. The summed E-state index contributed by atoms with van der Waals surface area (Å²) in [4.78, 5) is 0. The summed E-state index contributed by atoms with van der Waals surface area (Å²) in [5.41, 5.74) is 0. The van der Waals surface area contributed by atoms with E-state index in [1.807, 2.05) is 295 Å². The van der Waals surface area contributed by atoms with Crippen molar-refractivity contribution in [2.45, 2.75) is 52.4 Å². The molecule has 0 amide bonds. The molecule has 6 heterocycles. The first-order chi connectivity index (χ1) is 42.4. The van der Waals surface area contributed by atoms with Gasteiger partial charge in [0, 0.05) is 41.5 Å². The van der Waals surface area contributed by atoms with Crippen molar-refractivity contribution in [2.75, 3.05) is 0 Å². The van der Waals surface area contributed by atoms with Crippen molar-refractivity contribution in [3.63, 3.8) is 0 Å². The van der Waals surface area contributed by atoms with Crippen LogP contribution in [0, 0.1) is 0 Å². The second-order valence-corrected chi connectivity index (χ2v) is 61.6. The second-order valence-electron chi connectivity index (χ2n) is 22.5. The molecule has 32 heteroatoms. The molecule has 0 spiro atoms. The van der Waals surface area contributed by atoms with Crippen molar-refractivity contribution in [1.82, 2.24) is 0 Å². The summed E-state index contributed by atoms with van der Waals surface area (Å²) in [5.74, 6) is 0. The van der Waals surface area contributed by atoms with E-state index in [4.69, 9.17) is 74.1 Å². The van der Waals surface area contributed by atoms with Gasteiger partial charge in [-0.1, -0.05) is 243 Å². The summed E-state index contributed by atoms with van der Waals surface area (Å²) < 4.78 is 149. The van der Waals surface area contributed by atoms with Crippen LogP contribution >= 0.6 is 0 Å². The number of hydrogen-bond donors (Lipinski definition) is 0. The molecule has 8 aromatic carbocycles. The third-order valence-corrected chi connectivity index (χ3v) is 64.5. The third-order valence-electron chi connectivity index (χ3n) is 14.3. The van der Waals surface area contributed by atoms with Gasteiger partial charge in [0.05, 0.1) is 0 Å². The first-order valence-electron chi connectivity index (χ1n) is 29.4. The molecule has 6 aliphatic heterocycles. The lowest BCUT2D eigenvalue weighted by atomic mass is 10.4. The van der Waals surface area contributed by atoms with E-state index in [0.29, 0.717) is 41.5 Å². The molecule has 88 heavy (non-hydrogen) atoms. The minimum absolute atomic E-state index is 0.423. The molecule has 8 bridgehead atoms. The van der Waals surface area contributed by atoms with Gasteiger partial charge in [0.25, 0.3) is 0 Å². The van der Waals surface area contributed by atoms with Crippen molar-refractivity contribution in [3.8, 4) is 0 Å². The first-order valence-corrected chi connectivity index (χ1v) is 57.6. The summed E-state index contributed by atoms with van der Waals surface area (Å²) in [6, 6.07) is 76.1. The highest BCUT2D eigenvalue weighted by atomic mass is 28.6. The maximum absolute atomic E-state index is 8.59. The zero-order valence-corrected chi connectivity index (χ0v) is 64.4. The normalized spacial score (nSPS) is 30.8. The van der Waals surface area contributed by atoms with E-state index in [1.165, 1.54) is 0 Å². The Morgan fingerprint density at radius 1 is 0.182 bits per heavy atom. The van der Waals surface area contributed by atoms with Gasteiger partial charge in [0.15, 0.2) is 36.2 Å². The second kappa shape index (κ2) is 24.8. The van der Waals surface area contributed by atoms with Crippen LogP contribution < -0.4 is 41.5 Å². The molecule has 0 radical (unpaired) electrons. The Bertz CT molecular complexity index is 3150. The minimum atomic E-state index is -5.37. The molecule has 0 atom stereocenters. The molecular weight excluding hydrogens is 1350 g/mol. The fraction of sp³-hybridized carbons (Fsp3) is 0.143. The summed E-state index contributed by atoms with van der Waals surface area (Å²) in [5, 5.41) is 3.46. The van der Waals surface area contributed by atoms with Crippen molar-refractivity contribution in [2.24, 2.45) is 0 Å². The average molecular weight is 1420 g/mol. The van der Waals surface area contributed by atoms with Crippen molar-refractivity contribution in [1.29, 1.82) is 0 Å². The highest BCUT2D eigenvalue weighted by Crippen LogP contribution is 2.48. The number of fused-ring (bicyclic) bond motifs is 4. The first kappa shape index (κ1) is 62.9. The van der Waals surface area contributed by atoms with Crippen LogP contribution in [0.5, 0.6) is 0 Å². The Balaban J connectivity index is 1.35. The average Bonchev–Trinajstić information content (AvgIpc) is 0.797. The van der Waals surface area contributed by atoms with E-state index >= 15 is 0 Å². The van der Waals surface area contributed by atoms with E-state index < -0.39 is 125 Å². The maximum atomic E-state index is 8.59. The van der Waals surface area contributed by atoms with E-state index in [9.17, 15) is 0 Å². The van der Waals surface area contributed by atoms with Crippen LogP contribution in [0.15, 0.2) is 243 Å². The van der Waals surface area contributed by atoms with Gasteiger partial charge in [-0.15, -0.1) is 0 Å². The number of benzene rings is 8. The summed E-state index contributed by atoms with van der Waals surface area (Å²) >= 11 is 0. The summed E-state index contributed by atoms with van der Waals surface area (Å²) in [6.45, 7) is 16.3. The van der Waals surface area contributed by atoms with Gasteiger partial charge in [0.1, 0.15) is 0 Å². The van der Waals surface area contributed by atoms with Crippen LogP contribution in [-0.2, 0) is 74.1 Å². The molecule has 6 aliphatic rings. The van der Waals surface area contributed by atoms with E-state index in [0.717, 1.165) is 0 Å². The van der Waals surface area contributed by atoms with Crippen LogP contribution in [0.4, 0.5) is 0 Å². The van der Waals surface area contributed by atoms with Gasteiger partial charge in [-0.2, -0.15) is 0 Å². The van der Waals surface area contributed by atoms with Crippen LogP contribution in [0.25, 0.3) is 0 Å². The molecule has 6 fully saturated rings. The number of hydrogen-bond acceptors (Lipinski definition) is 18. The van der Waals surface area contributed by atoms with Gasteiger partial charge >= 0.3 is 88.5 Å². The van der Waals surface area contributed by atoms with E-state index in [2.05, 4.69) is 0 Å². The highest BCUT2D eigenvalue weighted by molar-refractivity contribution is 7.12. The molecule has 14 rings (SSSR count). The summed E-state index contributed by atoms with van der Waals surface area (Å²) in [7, 11) is -62.4. The lowest BCUT2D eigenvalue weighted by molar-refractivity contribution is -0.00505. The zero-order valence-electron chi connectivity index (χ0n) is 49.8. The van der Waals surface area contributed by atoms with E-state index in [1.54, 1.807) is 0 Å².